The highest BCUT2D eigenvalue weighted by atomic mass is 35.5. The van der Waals surface area contributed by atoms with Crippen LogP contribution in [0, 0.1) is 0 Å². The SMILES string of the molecule is CCN1CCN(c2cc(Cl)c(Cl)c(Cl)c2)CC1. The van der Waals surface area contributed by atoms with Crippen LogP contribution >= 0.6 is 34.8 Å². The summed E-state index contributed by atoms with van der Waals surface area (Å²) in [4.78, 5) is 4.72. The van der Waals surface area contributed by atoms with Crippen molar-refractivity contribution in [3.8, 4) is 0 Å². The molecule has 1 aromatic carbocycles. The molecule has 0 bridgehead atoms. The van der Waals surface area contributed by atoms with Crippen LogP contribution in [-0.2, 0) is 0 Å². The maximum atomic E-state index is 6.04. The first kappa shape index (κ1) is 13.3. The minimum atomic E-state index is 0.435. The van der Waals surface area contributed by atoms with Gasteiger partial charge in [-0.3, -0.25) is 0 Å². The van der Waals surface area contributed by atoms with Crippen molar-refractivity contribution in [3.05, 3.63) is 27.2 Å². The van der Waals surface area contributed by atoms with Gasteiger partial charge in [-0.1, -0.05) is 41.7 Å². The fourth-order valence-electron chi connectivity index (χ4n) is 2.05. The van der Waals surface area contributed by atoms with Crippen molar-refractivity contribution in [2.24, 2.45) is 0 Å². The van der Waals surface area contributed by atoms with Crippen molar-refractivity contribution in [1.82, 2.24) is 4.90 Å². The van der Waals surface area contributed by atoms with Gasteiger partial charge in [-0.05, 0) is 18.7 Å². The van der Waals surface area contributed by atoms with Gasteiger partial charge >= 0.3 is 0 Å². The Morgan fingerprint density at radius 1 is 1.00 bits per heavy atom. The number of nitrogens with zero attached hydrogens (tertiary/aromatic N) is 2. The molecule has 5 heteroatoms. The van der Waals surface area contributed by atoms with Crippen molar-refractivity contribution in [3.63, 3.8) is 0 Å². The van der Waals surface area contributed by atoms with E-state index < -0.39 is 0 Å². The lowest BCUT2D eigenvalue weighted by atomic mass is 10.2. The van der Waals surface area contributed by atoms with E-state index in [9.17, 15) is 0 Å². The van der Waals surface area contributed by atoms with Gasteiger partial charge in [-0.15, -0.1) is 0 Å². The lowest BCUT2D eigenvalue weighted by Crippen LogP contribution is -2.46. The van der Waals surface area contributed by atoms with E-state index in [0.717, 1.165) is 38.4 Å². The van der Waals surface area contributed by atoms with E-state index in [4.69, 9.17) is 34.8 Å². The van der Waals surface area contributed by atoms with Crippen LogP contribution in [0.1, 0.15) is 6.92 Å². The molecule has 0 radical (unpaired) electrons. The molecule has 0 unspecified atom stereocenters. The molecule has 0 atom stereocenters. The zero-order valence-electron chi connectivity index (χ0n) is 9.72. The van der Waals surface area contributed by atoms with E-state index in [1.165, 1.54) is 0 Å². The Bertz CT molecular complexity index is 378. The third-order valence-corrected chi connectivity index (χ3v) is 4.35. The van der Waals surface area contributed by atoms with Crippen LogP contribution < -0.4 is 4.90 Å². The molecule has 0 saturated carbocycles. The minimum Gasteiger partial charge on any atom is -0.369 e. The predicted octanol–water partition coefficient (Wildman–Crippen LogP) is 3.79. The van der Waals surface area contributed by atoms with E-state index in [1.54, 1.807) is 0 Å². The van der Waals surface area contributed by atoms with Crippen molar-refractivity contribution in [1.29, 1.82) is 0 Å². The second-order valence-electron chi connectivity index (χ2n) is 4.14. The van der Waals surface area contributed by atoms with Crippen molar-refractivity contribution in [2.45, 2.75) is 6.92 Å². The van der Waals surface area contributed by atoms with Gasteiger partial charge in [-0.2, -0.15) is 0 Å². The molecule has 1 aromatic rings. The van der Waals surface area contributed by atoms with Gasteiger partial charge < -0.3 is 9.80 Å². The molecule has 1 heterocycles. The standard InChI is InChI=1S/C12H15Cl3N2/c1-2-16-3-5-17(6-4-16)9-7-10(13)12(15)11(14)8-9/h7-8H,2-6H2,1H3. The molecule has 1 aliphatic rings. The van der Waals surface area contributed by atoms with Gasteiger partial charge in [0.2, 0.25) is 0 Å². The number of piperazine rings is 1. The summed E-state index contributed by atoms with van der Waals surface area (Å²) in [5.74, 6) is 0. The molecule has 1 fully saturated rings. The summed E-state index contributed by atoms with van der Waals surface area (Å²) in [5.41, 5.74) is 1.06. The quantitative estimate of drug-likeness (QED) is 0.766. The molecule has 0 aliphatic carbocycles. The molecule has 2 rings (SSSR count). The zero-order chi connectivity index (χ0) is 12.4. The molecule has 94 valence electrons. The second-order valence-corrected chi connectivity index (χ2v) is 5.34. The first-order valence-corrected chi connectivity index (χ1v) is 6.87. The van der Waals surface area contributed by atoms with Gasteiger partial charge in [0.25, 0.3) is 0 Å². The van der Waals surface area contributed by atoms with Crippen molar-refractivity contribution < 1.29 is 0 Å². The minimum absolute atomic E-state index is 0.435. The summed E-state index contributed by atoms with van der Waals surface area (Å²) >= 11 is 18.0. The topological polar surface area (TPSA) is 6.48 Å². The third-order valence-electron chi connectivity index (χ3n) is 3.15. The molecule has 1 aliphatic heterocycles. The number of hydrogen-bond acceptors (Lipinski definition) is 2. The van der Waals surface area contributed by atoms with Crippen LogP contribution in [0.25, 0.3) is 0 Å². The lowest BCUT2D eigenvalue weighted by molar-refractivity contribution is 0.271. The summed E-state index contributed by atoms with van der Waals surface area (Å²) in [6, 6.07) is 3.77. The normalized spacial score (nSPS) is 17.5. The number of halogens is 3. The Balaban J connectivity index is 2.13. The predicted molar refractivity (Wildman–Crippen MR) is 75.8 cm³/mol. The van der Waals surface area contributed by atoms with E-state index in [-0.39, 0.29) is 0 Å². The first-order valence-electron chi connectivity index (χ1n) is 5.73. The summed E-state index contributed by atoms with van der Waals surface area (Å²) < 4.78 is 0. The highest BCUT2D eigenvalue weighted by molar-refractivity contribution is 6.48. The Morgan fingerprint density at radius 3 is 2.00 bits per heavy atom. The van der Waals surface area contributed by atoms with Gasteiger partial charge in [0, 0.05) is 31.9 Å². The van der Waals surface area contributed by atoms with Crippen LogP contribution in [0.15, 0.2) is 12.1 Å². The number of hydrogen-bond donors (Lipinski definition) is 0. The summed E-state index contributed by atoms with van der Waals surface area (Å²) in [6.07, 6.45) is 0. The Labute approximate surface area is 117 Å². The number of rotatable bonds is 2. The molecule has 0 amide bonds. The average molecular weight is 294 g/mol. The molecular formula is C12H15Cl3N2. The highest BCUT2D eigenvalue weighted by Crippen LogP contribution is 2.34. The van der Waals surface area contributed by atoms with Gasteiger partial charge in [-0.25, -0.2) is 0 Å². The Hall–Kier alpha value is -0.150. The number of anilines is 1. The van der Waals surface area contributed by atoms with Crippen LogP contribution in [0.2, 0.25) is 15.1 Å². The van der Waals surface area contributed by atoms with Crippen LogP contribution in [0.5, 0.6) is 0 Å². The molecular weight excluding hydrogens is 279 g/mol. The first-order chi connectivity index (χ1) is 8.11. The van der Waals surface area contributed by atoms with E-state index >= 15 is 0 Å². The maximum absolute atomic E-state index is 6.04. The number of benzene rings is 1. The molecule has 0 N–H and O–H groups in total. The summed E-state index contributed by atoms with van der Waals surface area (Å²) in [6.45, 7) is 7.45. The van der Waals surface area contributed by atoms with E-state index in [2.05, 4.69) is 16.7 Å². The zero-order valence-corrected chi connectivity index (χ0v) is 12.0. The largest absolute Gasteiger partial charge is 0.369 e. The molecule has 0 aromatic heterocycles. The molecule has 2 nitrogen and oxygen atoms in total. The fourth-order valence-corrected chi connectivity index (χ4v) is 2.63. The average Bonchev–Trinajstić information content (AvgIpc) is 2.35. The smallest absolute Gasteiger partial charge is 0.0780 e. The van der Waals surface area contributed by atoms with E-state index in [1.807, 2.05) is 12.1 Å². The summed E-state index contributed by atoms with van der Waals surface area (Å²) in [7, 11) is 0. The van der Waals surface area contributed by atoms with Crippen LogP contribution in [-0.4, -0.2) is 37.6 Å². The highest BCUT2D eigenvalue weighted by Gasteiger charge is 2.17. The van der Waals surface area contributed by atoms with E-state index in [0.29, 0.717) is 15.1 Å². The maximum Gasteiger partial charge on any atom is 0.0780 e. The van der Waals surface area contributed by atoms with Crippen molar-refractivity contribution >= 4 is 40.5 Å². The Morgan fingerprint density at radius 2 is 1.53 bits per heavy atom. The summed E-state index contributed by atoms with van der Waals surface area (Å²) in [5, 5.41) is 1.48. The monoisotopic (exact) mass is 292 g/mol. The van der Waals surface area contributed by atoms with Gasteiger partial charge in [0.05, 0.1) is 15.1 Å². The van der Waals surface area contributed by atoms with Gasteiger partial charge in [0.15, 0.2) is 0 Å². The second kappa shape index (κ2) is 5.66. The lowest BCUT2D eigenvalue weighted by Gasteiger charge is -2.35. The number of likely N-dealkylation sites (N-methyl/N-ethyl adjacent to an activating group) is 1. The van der Waals surface area contributed by atoms with Crippen LogP contribution in [0.3, 0.4) is 0 Å². The van der Waals surface area contributed by atoms with Crippen molar-refractivity contribution in [2.75, 3.05) is 37.6 Å². The molecule has 17 heavy (non-hydrogen) atoms. The molecule has 1 saturated heterocycles. The fraction of sp³-hybridized carbons (Fsp3) is 0.500. The van der Waals surface area contributed by atoms with Gasteiger partial charge in [0.1, 0.15) is 0 Å². The Kier molecular flexibility index (Phi) is 4.42. The third kappa shape index (κ3) is 3.00. The molecule has 0 spiro atoms. The van der Waals surface area contributed by atoms with Crippen LogP contribution in [0.4, 0.5) is 5.69 Å².